The average molecular weight is 409 g/mol. The number of hydrogen-bond acceptors (Lipinski definition) is 5. The highest BCUT2D eigenvalue weighted by molar-refractivity contribution is 6.33. The van der Waals surface area contributed by atoms with Crippen molar-refractivity contribution in [1.29, 1.82) is 0 Å². The molecule has 5 rings (SSSR count). The molecule has 0 aromatic heterocycles. The largest absolute Gasteiger partial charge is 0.494 e. The second-order valence-electron chi connectivity index (χ2n) is 8.51. The van der Waals surface area contributed by atoms with Gasteiger partial charge in [-0.1, -0.05) is 12.1 Å². The van der Waals surface area contributed by atoms with Crippen LogP contribution in [-0.4, -0.2) is 61.7 Å². The first kappa shape index (κ1) is 19.4. The van der Waals surface area contributed by atoms with Gasteiger partial charge in [-0.05, 0) is 48.7 Å². The molecule has 1 amide bonds. The van der Waals surface area contributed by atoms with Crippen LogP contribution in [0.3, 0.4) is 0 Å². The van der Waals surface area contributed by atoms with Crippen molar-refractivity contribution in [2.45, 2.75) is 30.4 Å². The van der Waals surface area contributed by atoms with Crippen molar-refractivity contribution in [1.82, 2.24) is 4.90 Å². The Labute approximate surface area is 176 Å². The Morgan fingerprint density at radius 1 is 1.27 bits per heavy atom. The summed E-state index contributed by atoms with van der Waals surface area (Å²) < 4.78 is 18.7. The number of nitrogens with one attached hydrogen (secondary N) is 1. The van der Waals surface area contributed by atoms with E-state index in [1.54, 1.807) is 20.0 Å². The smallest absolute Gasteiger partial charge is 0.267 e. The number of hydrogen-bond donors (Lipinski definition) is 2. The monoisotopic (exact) mass is 409 g/mol. The number of aliphatic hydroxyl groups is 1. The van der Waals surface area contributed by atoms with Gasteiger partial charge in [0.25, 0.3) is 5.91 Å². The summed E-state index contributed by atoms with van der Waals surface area (Å²) in [5.74, 6) is 0.305. The second kappa shape index (κ2) is 7.28. The fraction of sp³-hybridized carbons (Fsp3) is 0.409. The number of fused-ring (bicyclic) bond motifs is 3. The molecule has 0 spiro atoms. The fourth-order valence-electron chi connectivity index (χ4n) is 5.12. The summed E-state index contributed by atoms with van der Waals surface area (Å²) >= 11 is 0. The van der Waals surface area contributed by atoms with Gasteiger partial charge in [0.1, 0.15) is 11.6 Å². The van der Waals surface area contributed by atoms with Gasteiger partial charge in [-0.25, -0.2) is 4.39 Å². The quantitative estimate of drug-likeness (QED) is 0.579. The maximum atomic E-state index is 13.0. The van der Waals surface area contributed by atoms with Gasteiger partial charge in [-0.15, -0.1) is 0 Å². The number of halogens is 1. The number of carbonyl (C=O) groups is 1. The number of ether oxygens (including phenoxy) is 1. The summed E-state index contributed by atoms with van der Waals surface area (Å²) in [6, 6.07) is 12.2. The Kier molecular flexibility index (Phi) is 4.71. The van der Waals surface area contributed by atoms with E-state index >= 15 is 0 Å². The second-order valence-corrected chi connectivity index (χ2v) is 8.51. The molecule has 3 aliphatic rings. The fourth-order valence-corrected chi connectivity index (χ4v) is 5.12. The summed E-state index contributed by atoms with van der Waals surface area (Å²) in [7, 11) is 1.59. The van der Waals surface area contributed by atoms with Gasteiger partial charge >= 0.3 is 0 Å². The predicted octanol–water partition coefficient (Wildman–Crippen LogP) is 1.50. The standard InChI is InChI=1S/C22H25BFN3O3/c23-22(29)21(28)25-18-4-1-3-16-17-13-26(11-9-19(17)27(22)20(16)18)10-2-12-30-15-7-5-14(24)6-8-15/h1,3-8,17,19,29H,2,9-13,23H2,(H,25,28). The zero-order valence-corrected chi connectivity index (χ0v) is 17.0. The van der Waals surface area contributed by atoms with Gasteiger partial charge in [0.2, 0.25) is 0 Å². The molecule has 156 valence electrons. The Morgan fingerprint density at radius 2 is 2.07 bits per heavy atom. The van der Waals surface area contributed by atoms with Crippen LogP contribution >= 0.6 is 0 Å². The molecule has 2 aromatic rings. The van der Waals surface area contributed by atoms with Crippen LogP contribution in [0.1, 0.15) is 24.3 Å². The number of amides is 1. The third-order valence-corrected chi connectivity index (χ3v) is 6.55. The molecular formula is C22H25BFN3O3. The summed E-state index contributed by atoms with van der Waals surface area (Å²) in [6.07, 6.45) is 1.77. The van der Waals surface area contributed by atoms with E-state index in [0.717, 1.165) is 43.9 Å². The maximum Gasteiger partial charge on any atom is 0.267 e. The lowest BCUT2D eigenvalue weighted by Gasteiger charge is -2.46. The molecule has 3 atom stereocenters. The van der Waals surface area contributed by atoms with Crippen molar-refractivity contribution in [2.24, 2.45) is 0 Å². The zero-order chi connectivity index (χ0) is 20.9. The number of carbonyl (C=O) groups excluding carboxylic acids is 1. The summed E-state index contributed by atoms with van der Waals surface area (Å²) in [5.41, 5.74) is 1.43. The Hall–Kier alpha value is -2.58. The molecule has 0 bridgehead atoms. The molecular weight excluding hydrogens is 384 g/mol. The number of rotatable bonds is 5. The normalized spacial score (nSPS) is 27.4. The third-order valence-electron chi connectivity index (χ3n) is 6.55. The summed E-state index contributed by atoms with van der Waals surface area (Å²) in [6.45, 7) is 3.29. The first-order chi connectivity index (χ1) is 14.4. The molecule has 8 heteroatoms. The lowest BCUT2D eigenvalue weighted by atomic mass is 9.83. The molecule has 0 aliphatic carbocycles. The highest BCUT2D eigenvalue weighted by Crippen LogP contribution is 2.52. The van der Waals surface area contributed by atoms with Gasteiger partial charge in [-0.3, -0.25) is 4.79 Å². The lowest BCUT2D eigenvalue weighted by molar-refractivity contribution is -0.127. The molecule has 0 saturated carbocycles. The van der Waals surface area contributed by atoms with Gasteiger partial charge in [0, 0.05) is 31.6 Å². The molecule has 1 fully saturated rings. The van der Waals surface area contributed by atoms with Crippen LogP contribution in [0.2, 0.25) is 0 Å². The average Bonchev–Trinajstić information content (AvgIpc) is 3.07. The van der Waals surface area contributed by atoms with E-state index in [1.807, 2.05) is 17.0 Å². The van der Waals surface area contributed by atoms with E-state index in [9.17, 15) is 14.3 Å². The van der Waals surface area contributed by atoms with Crippen LogP contribution in [0.15, 0.2) is 42.5 Å². The molecule has 6 nitrogen and oxygen atoms in total. The zero-order valence-electron chi connectivity index (χ0n) is 17.0. The Balaban J connectivity index is 1.25. The van der Waals surface area contributed by atoms with E-state index in [2.05, 4.69) is 16.3 Å². The number of anilines is 2. The number of likely N-dealkylation sites (tertiary alicyclic amines) is 1. The Morgan fingerprint density at radius 3 is 2.87 bits per heavy atom. The highest BCUT2D eigenvalue weighted by Gasteiger charge is 2.53. The first-order valence-electron chi connectivity index (χ1n) is 10.5. The van der Waals surface area contributed by atoms with E-state index in [4.69, 9.17) is 4.74 Å². The number of nitrogens with zero attached hydrogens (tertiary/aromatic N) is 2. The minimum atomic E-state index is -1.53. The van der Waals surface area contributed by atoms with Crippen molar-refractivity contribution >= 4 is 25.1 Å². The van der Waals surface area contributed by atoms with Gasteiger partial charge < -0.3 is 25.0 Å². The van der Waals surface area contributed by atoms with Gasteiger partial charge in [0.05, 0.1) is 18.0 Å². The van der Waals surface area contributed by atoms with Gasteiger partial charge in [0.15, 0.2) is 13.5 Å². The predicted molar refractivity (Wildman–Crippen MR) is 115 cm³/mol. The maximum absolute atomic E-state index is 13.0. The van der Waals surface area contributed by atoms with Crippen LogP contribution in [0.25, 0.3) is 0 Å². The highest BCUT2D eigenvalue weighted by atomic mass is 19.1. The van der Waals surface area contributed by atoms with Crippen molar-refractivity contribution in [3.8, 4) is 5.75 Å². The molecule has 3 heterocycles. The minimum absolute atomic E-state index is 0.119. The van der Waals surface area contributed by atoms with Gasteiger partial charge in [-0.2, -0.15) is 0 Å². The van der Waals surface area contributed by atoms with E-state index < -0.39 is 5.62 Å². The summed E-state index contributed by atoms with van der Waals surface area (Å²) in [4.78, 5) is 16.8. The SMILES string of the molecule is BC1(O)C(=O)Nc2cccc3c2N1C1CCN(CCCOc2ccc(F)cc2)CC31. The van der Waals surface area contributed by atoms with E-state index in [-0.39, 0.29) is 23.7 Å². The lowest BCUT2D eigenvalue weighted by Crippen LogP contribution is -2.64. The van der Waals surface area contributed by atoms with Crippen LogP contribution in [0, 0.1) is 5.82 Å². The van der Waals surface area contributed by atoms with Crippen LogP contribution in [0.4, 0.5) is 15.8 Å². The number of benzene rings is 2. The van der Waals surface area contributed by atoms with Crippen molar-refractivity contribution in [2.75, 3.05) is 36.5 Å². The van der Waals surface area contributed by atoms with E-state index in [0.29, 0.717) is 12.4 Å². The first-order valence-corrected chi connectivity index (χ1v) is 10.5. The summed E-state index contributed by atoms with van der Waals surface area (Å²) in [5, 5.41) is 13.8. The number of para-hydroxylation sites is 1. The topological polar surface area (TPSA) is 65.0 Å². The minimum Gasteiger partial charge on any atom is -0.494 e. The van der Waals surface area contributed by atoms with Crippen molar-refractivity contribution in [3.05, 3.63) is 53.8 Å². The molecule has 30 heavy (non-hydrogen) atoms. The molecule has 2 aromatic carbocycles. The molecule has 0 radical (unpaired) electrons. The van der Waals surface area contributed by atoms with Crippen LogP contribution < -0.4 is 15.0 Å². The van der Waals surface area contributed by atoms with E-state index in [1.165, 1.54) is 17.7 Å². The van der Waals surface area contributed by atoms with Crippen LogP contribution in [0.5, 0.6) is 5.75 Å². The molecule has 2 N–H and O–H groups in total. The molecule has 3 aliphatic heterocycles. The molecule has 1 saturated heterocycles. The third kappa shape index (κ3) is 3.15. The van der Waals surface area contributed by atoms with Crippen molar-refractivity contribution in [3.63, 3.8) is 0 Å². The number of piperidine rings is 1. The van der Waals surface area contributed by atoms with Crippen LogP contribution in [-0.2, 0) is 4.79 Å². The van der Waals surface area contributed by atoms with Crippen molar-refractivity contribution < 1.29 is 19.0 Å². The molecule has 3 unspecified atom stereocenters. The Bertz CT molecular complexity index is 969.